The summed E-state index contributed by atoms with van der Waals surface area (Å²) in [7, 11) is 0. The van der Waals surface area contributed by atoms with Gasteiger partial charge in [0.05, 0.1) is 0 Å². The molecule has 112 valence electrons. The van der Waals surface area contributed by atoms with Crippen molar-refractivity contribution in [2.75, 3.05) is 11.9 Å². The first kappa shape index (κ1) is 13.2. The van der Waals surface area contributed by atoms with Gasteiger partial charge in [0.2, 0.25) is 5.91 Å². The molecular weight excluding hydrogens is 260 g/mol. The average molecular weight is 284 g/mol. The molecule has 1 aromatic rings. The molecule has 0 aromatic heterocycles. The van der Waals surface area contributed by atoms with Crippen molar-refractivity contribution in [1.82, 2.24) is 4.90 Å². The van der Waals surface area contributed by atoms with Gasteiger partial charge in [-0.2, -0.15) is 0 Å². The van der Waals surface area contributed by atoms with E-state index in [2.05, 4.69) is 28.4 Å². The van der Waals surface area contributed by atoms with Crippen LogP contribution in [0.5, 0.6) is 0 Å². The molecule has 0 radical (unpaired) electrons. The number of likely N-dealkylation sites (tertiary alicyclic amines) is 1. The van der Waals surface area contributed by atoms with Gasteiger partial charge < -0.3 is 10.2 Å². The topological polar surface area (TPSA) is 32.3 Å². The van der Waals surface area contributed by atoms with Gasteiger partial charge in [-0.3, -0.25) is 4.79 Å². The minimum absolute atomic E-state index is 0.0376. The van der Waals surface area contributed by atoms with Crippen molar-refractivity contribution in [3.8, 4) is 0 Å². The standard InChI is InChI=1S/C18H24N2O/c21-18(16-12-14-8-3-4-9-15(14)19-16)20-11-5-10-17(20)13-6-1-2-7-13/h3-4,8-9,13,16-17,19H,1-2,5-7,10-12H2. The fraction of sp³-hybridized carbons (Fsp3) is 0.611. The molecule has 0 spiro atoms. The van der Waals surface area contributed by atoms with Gasteiger partial charge in [0.25, 0.3) is 0 Å². The van der Waals surface area contributed by atoms with Crippen LogP contribution in [0.4, 0.5) is 5.69 Å². The second-order valence-corrected chi connectivity index (χ2v) is 6.84. The van der Waals surface area contributed by atoms with Gasteiger partial charge in [0.15, 0.2) is 0 Å². The van der Waals surface area contributed by atoms with Gasteiger partial charge in [0.1, 0.15) is 6.04 Å². The highest BCUT2D eigenvalue weighted by molar-refractivity contribution is 5.88. The predicted octanol–water partition coefficient (Wildman–Crippen LogP) is 3.20. The van der Waals surface area contributed by atoms with Crippen LogP contribution in [0, 0.1) is 5.92 Å². The largest absolute Gasteiger partial charge is 0.373 e. The fourth-order valence-electron chi connectivity index (χ4n) is 4.55. The highest BCUT2D eigenvalue weighted by atomic mass is 16.2. The molecule has 3 nitrogen and oxygen atoms in total. The molecule has 1 aliphatic carbocycles. The van der Waals surface area contributed by atoms with Crippen LogP contribution < -0.4 is 5.32 Å². The van der Waals surface area contributed by atoms with Gasteiger partial charge in [0, 0.05) is 24.7 Å². The Kier molecular flexibility index (Phi) is 3.36. The number of hydrogen-bond acceptors (Lipinski definition) is 2. The van der Waals surface area contributed by atoms with Crippen LogP contribution in [0.25, 0.3) is 0 Å². The third-order valence-corrected chi connectivity index (χ3v) is 5.60. The molecule has 3 heteroatoms. The van der Waals surface area contributed by atoms with Crippen molar-refractivity contribution in [2.45, 2.75) is 57.0 Å². The number of nitrogens with zero attached hydrogens (tertiary/aromatic N) is 1. The molecule has 1 saturated heterocycles. The van der Waals surface area contributed by atoms with Gasteiger partial charge in [-0.1, -0.05) is 31.0 Å². The predicted molar refractivity (Wildman–Crippen MR) is 84.2 cm³/mol. The maximum Gasteiger partial charge on any atom is 0.245 e. The Bertz CT molecular complexity index is 511. The minimum Gasteiger partial charge on any atom is -0.373 e. The second-order valence-electron chi connectivity index (χ2n) is 6.84. The Labute approximate surface area is 126 Å². The molecule has 0 bridgehead atoms. The van der Waals surface area contributed by atoms with Crippen molar-refractivity contribution in [1.29, 1.82) is 0 Å². The minimum atomic E-state index is -0.0376. The number of nitrogens with one attached hydrogen (secondary N) is 1. The summed E-state index contributed by atoms with van der Waals surface area (Å²) in [5, 5.41) is 3.43. The van der Waals surface area contributed by atoms with Gasteiger partial charge in [-0.15, -0.1) is 0 Å². The Morgan fingerprint density at radius 2 is 1.90 bits per heavy atom. The Hall–Kier alpha value is -1.51. The number of anilines is 1. The third-order valence-electron chi connectivity index (χ3n) is 5.60. The molecule has 3 aliphatic rings. The molecule has 2 atom stereocenters. The lowest BCUT2D eigenvalue weighted by atomic mass is 9.95. The molecule has 1 N–H and O–H groups in total. The second kappa shape index (κ2) is 5.36. The molecule has 1 amide bonds. The summed E-state index contributed by atoms with van der Waals surface area (Å²) in [4.78, 5) is 15.2. The Morgan fingerprint density at radius 3 is 2.71 bits per heavy atom. The van der Waals surface area contributed by atoms with Crippen molar-refractivity contribution in [3.05, 3.63) is 29.8 Å². The summed E-state index contributed by atoms with van der Waals surface area (Å²) >= 11 is 0. The lowest BCUT2D eigenvalue weighted by Crippen LogP contribution is -2.46. The number of carbonyl (C=O) groups is 1. The van der Waals surface area contributed by atoms with Gasteiger partial charge >= 0.3 is 0 Å². The molecule has 2 aliphatic heterocycles. The zero-order chi connectivity index (χ0) is 14.2. The lowest BCUT2D eigenvalue weighted by Gasteiger charge is -2.31. The number of benzene rings is 1. The summed E-state index contributed by atoms with van der Waals surface area (Å²) in [5.41, 5.74) is 2.43. The van der Waals surface area contributed by atoms with Crippen LogP contribution in [-0.4, -0.2) is 29.4 Å². The molecule has 2 unspecified atom stereocenters. The first-order valence-corrected chi connectivity index (χ1v) is 8.48. The Balaban J connectivity index is 1.47. The Morgan fingerprint density at radius 1 is 1.10 bits per heavy atom. The van der Waals surface area contributed by atoms with E-state index >= 15 is 0 Å². The smallest absolute Gasteiger partial charge is 0.245 e. The molecule has 2 heterocycles. The van der Waals surface area contributed by atoms with E-state index in [1.54, 1.807) is 0 Å². The van der Waals surface area contributed by atoms with Crippen LogP contribution in [0.15, 0.2) is 24.3 Å². The normalized spacial score (nSPS) is 28.7. The van der Waals surface area contributed by atoms with E-state index in [9.17, 15) is 4.79 Å². The van der Waals surface area contributed by atoms with E-state index in [0.717, 1.165) is 24.6 Å². The third kappa shape index (κ3) is 2.33. The molecule has 2 fully saturated rings. The fourth-order valence-corrected chi connectivity index (χ4v) is 4.55. The molecular formula is C18H24N2O. The van der Waals surface area contributed by atoms with E-state index in [4.69, 9.17) is 0 Å². The number of fused-ring (bicyclic) bond motifs is 1. The quantitative estimate of drug-likeness (QED) is 0.904. The maximum atomic E-state index is 12.9. The number of para-hydroxylation sites is 1. The van der Waals surface area contributed by atoms with E-state index in [0.29, 0.717) is 11.9 Å². The first-order valence-electron chi connectivity index (χ1n) is 8.48. The van der Waals surface area contributed by atoms with Crippen LogP contribution in [-0.2, 0) is 11.2 Å². The summed E-state index contributed by atoms with van der Waals surface area (Å²) in [6, 6.07) is 8.80. The van der Waals surface area contributed by atoms with Crippen molar-refractivity contribution in [2.24, 2.45) is 5.92 Å². The van der Waals surface area contributed by atoms with Gasteiger partial charge in [-0.25, -0.2) is 0 Å². The average Bonchev–Trinajstić information content (AvgIpc) is 3.23. The number of rotatable bonds is 2. The lowest BCUT2D eigenvalue weighted by molar-refractivity contribution is -0.133. The summed E-state index contributed by atoms with van der Waals surface area (Å²) in [6.07, 6.45) is 8.62. The highest BCUT2D eigenvalue weighted by Gasteiger charge is 2.39. The first-order chi connectivity index (χ1) is 10.3. The molecule has 1 saturated carbocycles. The SMILES string of the molecule is O=C(C1Cc2ccccc2N1)N1CCCC1C1CCCC1. The molecule has 1 aromatic carbocycles. The van der Waals surface area contributed by atoms with Gasteiger partial charge in [-0.05, 0) is 43.2 Å². The van der Waals surface area contributed by atoms with Crippen LogP contribution in [0.3, 0.4) is 0 Å². The van der Waals surface area contributed by atoms with E-state index in [1.807, 2.05) is 6.07 Å². The maximum absolute atomic E-state index is 12.9. The van der Waals surface area contributed by atoms with Crippen LogP contribution >= 0.6 is 0 Å². The summed E-state index contributed by atoms with van der Waals surface area (Å²) < 4.78 is 0. The highest BCUT2D eigenvalue weighted by Crippen LogP contribution is 2.36. The van der Waals surface area contributed by atoms with E-state index < -0.39 is 0 Å². The summed E-state index contributed by atoms with van der Waals surface area (Å²) in [5.74, 6) is 1.10. The zero-order valence-electron chi connectivity index (χ0n) is 12.6. The number of amides is 1. The van der Waals surface area contributed by atoms with E-state index in [-0.39, 0.29) is 6.04 Å². The molecule has 4 rings (SSSR count). The number of hydrogen-bond donors (Lipinski definition) is 1. The van der Waals surface area contributed by atoms with Crippen molar-refractivity contribution in [3.63, 3.8) is 0 Å². The molecule has 21 heavy (non-hydrogen) atoms. The number of carbonyl (C=O) groups excluding carboxylic acids is 1. The van der Waals surface area contributed by atoms with Crippen molar-refractivity contribution >= 4 is 11.6 Å². The summed E-state index contributed by atoms with van der Waals surface area (Å²) in [6.45, 7) is 0.967. The van der Waals surface area contributed by atoms with Crippen LogP contribution in [0.1, 0.15) is 44.1 Å². The zero-order valence-corrected chi connectivity index (χ0v) is 12.6. The van der Waals surface area contributed by atoms with Crippen molar-refractivity contribution < 1.29 is 4.79 Å². The monoisotopic (exact) mass is 284 g/mol. The van der Waals surface area contributed by atoms with Crippen LogP contribution in [0.2, 0.25) is 0 Å². The van der Waals surface area contributed by atoms with E-state index in [1.165, 1.54) is 44.1 Å².